The van der Waals surface area contributed by atoms with Gasteiger partial charge in [-0.15, -0.1) is 0 Å². The van der Waals surface area contributed by atoms with E-state index >= 15 is 0 Å². The summed E-state index contributed by atoms with van der Waals surface area (Å²) >= 11 is 0. The number of para-hydroxylation sites is 1. The van der Waals surface area contributed by atoms with Gasteiger partial charge < -0.3 is 20.5 Å². The number of nitrogens with zero attached hydrogens (tertiary/aromatic N) is 2. The first-order valence-electron chi connectivity index (χ1n) is 11.8. The summed E-state index contributed by atoms with van der Waals surface area (Å²) in [6, 6.07) is 15.4. The quantitative estimate of drug-likeness (QED) is 0.335. The number of H-pyrrole nitrogens is 1. The summed E-state index contributed by atoms with van der Waals surface area (Å²) in [4.78, 5) is 35.1. The number of nitrogens with one attached hydrogen (secondary N) is 3. The lowest BCUT2D eigenvalue weighted by molar-refractivity contribution is -0.115. The molecule has 0 spiro atoms. The fourth-order valence-corrected chi connectivity index (χ4v) is 4.42. The number of pyridine rings is 1. The summed E-state index contributed by atoms with van der Waals surface area (Å²) in [5.41, 5.74) is 3.81. The van der Waals surface area contributed by atoms with Crippen molar-refractivity contribution in [3.05, 3.63) is 95.3 Å². The highest BCUT2D eigenvalue weighted by molar-refractivity contribution is 6.06. The highest BCUT2D eigenvalue weighted by Gasteiger charge is 2.33. The van der Waals surface area contributed by atoms with Crippen LogP contribution in [0.1, 0.15) is 28.5 Å². The number of carbonyl (C=O) groups is 2. The highest BCUT2D eigenvalue weighted by atomic mass is 19.1. The van der Waals surface area contributed by atoms with Gasteiger partial charge in [0.15, 0.2) is 0 Å². The first-order valence-corrected chi connectivity index (χ1v) is 11.8. The Kier molecular flexibility index (Phi) is 6.43. The number of amides is 2. The molecule has 5 rings (SSSR count). The smallest absolute Gasteiger partial charge is 0.257 e. The number of carbonyl (C=O) groups excluding carboxylic acids is 2. The third-order valence-corrected chi connectivity index (χ3v) is 6.50. The van der Waals surface area contributed by atoms with E-state index in [-0.39, 0.29) is 35.8 Å². The number of likely N-dealkylation sites (N-methyl/N-ethyl adjacent to an activating group) is 1. The van der Waals surface area contributed by atoms with Gasteiger partial charge in [0.25, 0.3) is 5.91 Å². The SMILES string of the molecule is C[C@@H]1Cc2[nH]c(-c3ccnc(NC(=O)Cc4ccc(F)cc4)c3)c(Nc3ccccc3F)c2C(=O)N1C. The molecule has 9 heteroatoms. The van der Waals surface area contributed by atoms with Crippen molar-refractivity contribution in [3.63, 3.8) is 0 Å². The van der Waals surface area contributed by atoms with Crippen molar-refractivity contribution < 1.29 is 18.4 Å². The van der Waals surface area contributed by atoms with Crippen LogP contribution in [-0.2, 0) is 17.6 Å². The zero-order valence-corrected chi connectivity index (χ0v) is 20.3. The zero-order chi connectivity index (χ0) is 26.1. The number of hydrogen-bond donors (Lipinski definition) is 3. The van der Waals surface area contributed by atoms with Crippen LogP contribution in [0.15, 0.2) is 66.9 Å². The Morgan fingerprint density at radius 3 is 2.65 bits per heavy atom. The fraction of sp³-hybridized carbons (Fsp3) is 0.179. The second-order valence-electron chi connectivity index (χ2n) is 9.08. The third kappa shape index (κ3) is 4.93. The van der Waals surface area contributed by atoms with Crippen molar-refractivity contribution >= 4 is 29.0 Å². The molecule has 3 heterocycles. The largest absolute Gasteiger partial charge is 0.356 e. The third-order valence-electron chi connectivity index (χ3n) is 6.50. The molecule has 7 nitrogen and oxygen atoms in total. The molecular weight excluding hydrogens is 476 g/mol. The second-order valence-corrected chi connectivity index (χ2v) is 9.08. The molecule has 0 unspecified atom stereocenters. The molecule has 0 saturated heterocycles. The molecule has 2 amide bonds. The van der Waals surface area contributed by atoms with E-state index in [9.17, 15) is 18.4 Å². The van der Waals surface area contributed by atoms with Crippen LogP contribution >= 0.6 is 0 Å². The van der Waals surface area contributed by atoms with Crippen LogP contribution in [0.3, 0.4) is 0 Å². The molecule has 2 aromatic carbocycles. The van der Waals surface area contributed by atoms with Crippen LogP contribution in [0.5, 0.6) is 0 Å². The first kappa shape index (κ1) is 24.2. The van der Waals surface area contributed by atoms with Crippen LogP contribution in [0.4, 0.5) is 26.0 Å². The zero-order valence-electron chi connectivity index (χ0n) is 20.3. The molecule has 1 aliphatic heterocycles. The van der Waals surface area contributed by atoms with E-state index in [0.29, 0.717) is 40.3 Å². The minimum atomic E-state index is -0.447. The van der Waals surface area contributed by atoms with Gasteiger partial charge in [0.05, 0.1) is 29.1 Å². The number of aromatic nitrogens is 2. The normalized spacial score (nSPS) is 14.9. The Hall–Kier alpha value is -4.53. The van der Waals surface area contributed by atoms with E-state index in [0.717, 1.165) is 5.69 Å². The van der Waals surface area contributed by atoms with Gasteiger partial charge in [-0.1, -0.05) is 24.3 Å². The van der Waals surface area contributed by atoms with Gasteiger partial charge in [-0.25, -0.2) is 13.8 Å². The molecule has 188 valence electrons. The van der Waals surface area contributed by atoms with Crippen molar-refractivity contribution in [1.82, 2.24) is 14.9 Å². The standard InChI is InChI=1S/C28H25F2N5O2/c1-16-13-22-25(28(37)35(16)2)27(32-21-6-4-3-5-20(21)30)26(33-22)18-11-12-31-23(15-18)34-24(36)14-17-7-9-19(29)10-8-17/h3-12,15-16,32-33H,13-14H2,1-2H3,(H,31,34,36)/t16-/m1/s1. The summed E-state index contributed by atoms with van der Waals surface area (Å²) in [5, 5.41) is 5.88. The number of aromatic amines is 1. The molecule has 1 aliphatic rings. The molecule has 0 fully saturated rings. The minimum Gasteiger partial charge on any atom is -0.356 e. The van der Waals surface area contributed by atoms with Gasteiger partial charge in [0, 0.05) is 37.0 Å². The van der Waals surface area contributed by atoms with Gasteiger partial charge in [-0.3, -0.25) is 9.59 Å². The molecule has 0 aliphatic carbocycles. The first-order chi connectivity index (χ1) is 17.8. The Morgan fingerprint density at radius 2 is 1.89 bits per heavy atom. The van der Waals surface area contributed by atoms with Crippen molar-refractivity contribution in [2.75, 3.05) is 17.7 Å². The van der Waals surface area contributed by atoms with Crippen LogP contribution in [0.2, 0.25) is 0 Å². The number of anilines is 3. The lowest BCUT2D eigenvalue weighted by Crippen LogP contribution is -2.41. The van der Waals surface area contributed by atoms with Crippen LogP contribution in [0, 0.1) is 11.6 Å². The Bertz CT molecular complexity index is 1480. The average molecular weight is 502 g/mol. The highest BCUT2D eigenvalue weighted by Crippen LogP contribution is 2.39. The summed E-state index contributed by atoms with van der Waals surface area (Å²) < 4.78 is 27.7. The number of halogens is 2. The van der Waals surface area contributed by atoms with Crippen molar-refractivity contribution in [1.29, 1.82) is 0 Å². The van der Waals surface area contributed by atoms with Gasteiger partial charge in [-0.05, 0) is 48.9 Å². The van der Waals surface area contributed by atoms with Crippen LogP contribution < -0.4 is 10.6 Å². The molecular formula is C28H25F2N5O2. The molecule has 37 heavy (non-hydrogen) atoms. The fourth-order valence-electron chi connectivity index (χ4n) is 4.42. The summed E-state index contributed by atoms with van der Waals surface area (Å²) in [5.74, 6) is -0.983. The Balaban J connectivity index is 1.49. The Labute approximate surface area is 212 Å². The molecule has 0 saturated carbocycles. The molecule has 0 radical (unpaired) electrons. The number of hydrogen-bond acceptors (Lipinski definition) is 4. The Morgan fingerprint density at radius 1 is 1.14 bits per heavy atom. The number of benzene rings is 2. The molecule has 0 bridgehead atoms. The molecule has 3 N–H and O–H groups in total. The van der Waals surface area contributed by atoms with Crippen molar-refractivity contribution in [3.8, 4) is 11.3 Å². The van der Waals surface area contributed by atoms with E-state index in [1.165, 1.54) is 18.2 Å². The molecule has 1 atom stereocenters. The van der Waals surface area contributed by atoms with Crippen molar-refractivity contribution in [2.45, 2.75) is 25.8 Å². The number of rotatable bonds is 6. The van der Waals surface area contributed by atoms with E-state index in [1.807, 2.05) is 6.92 Å². The average Bonchev–Trinajstić information content (AvgIpc) is 3.23. The summed E-state index contributed by atoms with van der Waals surface area (Å²) in [6.45, 7) is 1.96. The lowest BCUT2D eigenvalue weighted by Gasteiger charge is -2.30. The van der Waals surface area contributed by atoms with Gasteiger partial charge >= 0.3 is 0 Å². The molecule has 2 aromatic heterocycles. The number of fused-ring (bicyclic) bond motifs is 1. The van der Waals surface area contributed by atoms with E-state index in [2.05, 4.69) is 20.6 Å². The van der Waals surface area contributed by atoms with E-state index in [4.69, 9.17) is 0 Å². The maximum absolute atomic E-state index is 14.5. The monoisotopic (exact) mass is 501 g/mol. The van der Waals surface area contributed by atoms with E-state index < -0.39 is 5.82 Å². The van der Waals surface area contributed by atoms with Gasteiger partial charge in [0.1, 0.15) is 17.5 Å². The predicted molar refractivity (Wildman–Crippen MR) is 138 cm³/mol. The maximum Gasteiger partial charge on any atom is 0.257 e. The summed E-state index contributed by atoms with van der Waals surface area (Å²) in [6.07, 6.45) is 2.21. The van der Waals surface area contributed by atoms with E-state index in [1.54, 1.807) is 60.6 Å². The molecule has 4 aromatic rings. The predicted octanol–water partition coefficient (Wildman–Crippen LogP) is 5.30. The van der Waals surface area contributed by atoms with Gasteiger partial charge in [-0.2, -0.15) is 0 Å². The minimum absolute atomic E-state index is 0.00781. The topological polar surface area (TPSA) is 90.1 Å². The summed E-state index contributed by atoms with van der Waals surface area (Å²) in [7, 11) is 1.75. The van der Waals surface area contributed by atoms with Crippen LogP contribution in [0.25, 0.3) is 11.3 Å². The maximum atomic E-state index is 14.5. The van der Waals surface area contributed by atoms with Crippen molar-refractivity contribution in [2.24, 2.45) is 0 Å². The van der Waals surface area contributed by atoms with Crippen LogP contribution in [-0.4, -0.2) is 39.8 Å². The lowest BCUT2D eigenvalue weighted by atomic mass is 9.99. The van der Waals surface area contributed by atoms with Gasteiger partial charge in [0.2, 0.25) is 5.91 Å². The second kappa shape index (κ2) is 9.85.